The third kappa shape index (κ3) is 7.14. The highest BCUT2D eigenvalue weighted by atomic mass is 31.2. The minimum atomic E-state index is -4.33. The molecule has 0 saturated carbocycles. The maximum absolute atomic E-state index is 15.1. The standard InChI is InChI=1S/C32H34O7P2/c33-40(36-24-28-14-5-1-6-15-28,37-25-29-16-7-2-8-17-29)32(22-13-23-35-32)41(34,38-26-30-18-9-3-10-19-30)39-27-31-20-11-4-12-21-31/h1-12,14-21H,13,22-27H2. The molecule has 0 N–H and O–H groups in total. The fraction of sp³-hybridized carbons (Fsp3) is 0.250. The first kappa shape index (κ1) is 29.6. The second-order valence-corrected chi connectivity index (χ2v) is 14.5. The molecule has 7 nitrogen and oxygen atoms in total. The highest BCUT2D eigenvalue weighted by Crippen LogP contribution is 2.81. The lowest BCUT2D eigenvalue weighted by Gasteiger charge is -2.39. The summed E-state index contributed by atoms with van der Waals surface area (Å²) < 4.78 is 60.9. The molecular formula is C32H34O7P2. The van der Waals surface area contributed by atoms with Gasteiger partial charge in [-0.05, 0) is 28.7 Å². The molecule has 1 aliphatic rings. The van der Waals surface area contributed by atoms with E-state index in [4.69, 9.17) is 22.8 Å². The highest BCUT2D eigenvalue weighted by Gasteiger charge is 2.68. The van der Waals surface area contributed by atoms with Crippen LogP contribution in [0.4, 0.5) is 0 Å². The summed E-state index contributed by atoms with van der Waals surface area (Å²) in [6.07, 6.45) is 0.607. The Bertz CT molecular complexity index is 1240. The van der Waals surface area contributed by atoms with Gasteiger partial charge in [0.15, 0.2) is 0 Å². The van der Waals surface area contributed by atoms with Gasteiger partial charge in [-0.1, -0.05) is 121 Å². The Balaban J connectivity index is 1.52. The van der Waals surface area contributed by atoms with E-state index in [0.717, 1.165) is 22.3 Å². The van der Waals surface area contributed by atoms with E-state index in [0.29, 0.717) is 6.42 Å². The van der Waals surface area contributed by atoms with Crippen molar-refractivity contribution in [1.29, 1.82) is 0 Å². The fourth-order valence-corrected chi connectivity index (χ4v) is 10.1. The molecule has 1 heterocycles. The topological polar surface area (TPSA) is 80.3 Å². The first-order valence-electron chi connectivity index (χ1n) is 13.6. The van der Waals surface area contributed by atoms with Gasteiger partial charge in [0, 0.05) is 13.0 Å². The zero-order chi connectivity index (χ0) is 28.4. The highest BCUT2D eigenvalue weighted by molar-refractivity contribution is 7.74. The molecule has 0 radical (unpaired) electrons. The van der Waals surface area contributed by atoms with E-state index in [1.54, 1.807) is 0 Å². The van der Waals surface area contributed by atoms with Crippen molar-refractivity contribution in [3.8, 4) is 0 Å². The molecule has 41 heavy (non-hydrogen) atoms. The normalized spacial score (nSPS) is 15.1. The van der Waals surface area contributed by atoms with Crippen LogP contribution in [0.25, 0.3) is 0 Å². The zero-order valence-corrected chi connectivity index (χ0v) is 24.5. The van der Waals surface area contributed by atoms with E-state index in [2.05, 4.69) is 0 Å². The van der Waals surface area contributed by atoms with E-state index in [-0.39, 0.29) is 39.5 Å². The maximum Gasteiger partial charge on any atom is 0.375 e. The molecule has 9 heteroatoms. The van der Waals surface area contributed by atoms with E-state index >= 15 is 9.13 Å². The Morgan fingerprint density at radius 2 is 0.805 bits per heavy atom. The molecule has 5 rings (SSSR count). The second-order valence-electron chi connectivity index (χ2n) is 9.73. The fourth-order valence-electron chi connectivity index (χ4n) is 4.61. The van der Waals surface area contributed by atoms with Crippen molar-refractivity contribution < 1.29 is 32.0 Å². The minimum Gasteiger partial charge on any atom is -0.352 e. The molecule has 0 bridgehead atoms. The Morgan fingerprint density at radius 1 is 0.512 bits per heavy atom. The number of hydrogen-bond acceptors (Lipinski definition) is 7. The van der Waals surface area contributed by atoms with Crippen LogP contribution in [0.5, 0.6) is 0 Å². The lowest BCUT2D eigenvalue weighted by molar-refractivity contribution is 0.0453. The van der Waals surface area contributed by atoms with Crippen LogP contribution in [0, 0.1) is 0 Å². The maximum atomic E-state index is 15.1. The molecule has 0 amide bonds. The monoisotopic (exact) mass is 592 g/mol. The SMILES string of the molecule is O=P(OCc1ccccc1)(OCc1ccccc1)C1(P(=O)(OCc2ccccc2)OCc2ccccc2)CCCO1. The molecule has 0 atom stereocenters. The van der Waals surface area contributed by atoms with E-state index < -0.39 is 20.3 Å². The molecule has 4 aromatic rings. The van der Waals surface area contributed by atoms with Gasteiger partial charge in [0.25, 0.3) is 5.08 Å². The number of ether oxygens (including phenoxy) is 1. The summed E-state index contributed by atoms with van der Waals surface area (Å²) in [4.78, 5) is 0. The van der Waals surface area contributed by atoms with Crippen molar-refractivity contribution in [2.45, 2.75) is 44.4 Å². The summed E-state index contributed by atoms with van der Waals surface area (Å²) in [7, 11) is -8.66. The Hall–Kier alpha value is -2.86. The van der Waals surface area contributed by atoms with Crippen LogP contribution in [-0.2, 0) is 58.4 Å². The summed E-state index contributed by atoms with van der Waals surface area (Å²) in [5.41, 5.74) is 3.15. The van der Waals surface area contributed by atoms with Crippen LogP contribution in [0.1, 0.15) is 35.1 Å². The summed E-state index contributed by atoms with van der Waals surface area (Å²) in [5.74, 6) is 0. The molecule has 0 spiro atoms. The molecular weight excluding hydrogens is 558 g/mol. The van der Waals surface area contributed by atoms with Crippen molar-refractivity contribution in [3.05, 3.63) is 144 Å². The van der Waals surface area contributed by atoms with Gasteiger partial charge in [-0.3, -0.25) is 9.13 Å². The van der Waals surface area contributed by atoms with Crippen molar-refractivity contribution >= 4 is 15.2 Å². The van der Waals surface area contributed by atoms with Crippen molar-refractivity contribution in [1.82, 2.24) is 0 Å². The third-order valence-electron chi connectivity index (χ3n) is 6.81. The largest absolute Gasteiger partial charge is 0.375 e. The molecule has 1 saturated heterocycles. The molecule has 1 fully saturated rings. The van der Waals surface area contributed by atoms with Crippen LogP contribution in [0.15, 0.2) is 121 Å². The quantitative estimate of drug-likeness (QED) is 0.136. The lowest BCUT2D eigenvalue weighted by atomic mass is 10.2. The summed E-state index contributed by atoms with van der Waals surface area (Å²) in [5, 5.41) is -1.95. The number of hydrogen-bond donors (Lipinski definition) is 0. The van der Waals surface area contributed by atoms with Crippen LogP contribution < -0.4 is 0 Å². The van der Waals surface area contributed by atoms with Gasteiger partial charge in [0.1, 0.15) is 0 Å². The molecule has 0 aromatic heterocycles. The summed E-state index contributed by atoms with van der Waals surface area (Å²) in [6.45, 7) is 0.0797. The van der Waals surface area contributed by atoms with Gasteiger partial charge in [0.05, 0.1) is 26.4 Å². The van der Waals surface area contributed by atoms with Gasteiger partial charge in [0.2, 0.25) is 0 Å². The second kappa shape index (κ2) is 13.9. The Morgan fingerprint density at radius 3 is 1.05 bits per heavy atom. The predicted molar refractivity (Wildman–Crippen MR) is 158 cm³/mol. The smallest absolute Gasteiger partial charge is 0.352 e. The van der Waals surface area contributed by atoms with Crippen molar-refractivity contribution in [2.24, 2.45) is 0 Å². The summed E-state index contributed by atoms with van der Waals surface area (Å²) in [6, 6.07) is 37.4. The van der Waals surface area contributed by atoms with E-state index in [1.165, 1.54) is 0 Å². The molecule has 214 valence electrons. The van der Waals surface area contributed by atoms with Gasteiger partial charge < -0.3 is 22.8 Å². The molecule has 0 aliphatic carbocycles. The van der Waals surface area contributed by atoms with Gasteiger partial charge in [-0.2, -0.15) is 0 Å². The third-order valence-corrected chi connectivity index (χ3v) is 12.6. The van der Waals surface area contributed by atoms with Crippen LogP contribution >= 0.6 is 15.2 Å². The Kier molecular flexibility index (Phi) is 10.0. The van der Waals surface area contributed by atoms with Crippen molar-refractivity contribution in [2.75, 3.05) is 6.61 Å². The Labute approximate surface area is 241 Å². The first-order valence-corrected chi connectivity index (χ1v) is 16.7. The first-order chi connectivity index (χ1) is 20.0. The van der Waals surface area contributed by atoms with E-state index in [9.17, 15) is 0 Å². The van der Waals surface area contributed by atoms with Gasteiger partial charge in [-0.25, -0.2) is 0 Å². The predicted octanol–water partition coefficient (Wildman–Crippen LogP) is 8.70. The average Bonchev–Trinajstić information content (AvgIpc) is 3.56. The molecule has 0 unspecified atom stereocenters. The number of rotatable bonds is 14. The zero-order valence-electron chi connectivity index (χ0n) is 22.7. The van der Waals surface area contributed by atoms with Gasteiger partial charge in [-0.15, -0.1) is 0 Å². The summed E-state index contributed by atoms with van der Waals surface area (Å²) >= 11 is 0. The minimum absolute atomic E-state index is 0.0324. The lowest BCUT2D eigenvalue weighted by Crippen LogP contribution is -2.32. The van der Waals surface area contributed by atoms with Crippen LogP contribution in [0.3, 0.4) is 0 Å². The average molecular weight is 593 g/mol. The van der Waals surface area contributed by atoms with E-state index in [1.807, 2.05) is 121 Å². The molecule has 1 aliphatic heterocycles. The number of benzene rings is 4. The molecule has 4 aromatic carbocycles. The van der Waals surface area contributed by atoms with Crippen LogP contribution in [0.2, 0.25) is 0 Å². The van der Waals surface area contributed by atoms with Crippen molar-refractivity contribution in [3.63, 3.8) is 0 Å². The van der Waals surface area contributed by atoms with Gasteiger partial charge >= 0.3 is 15.2 Å². The van der Waals surface area contributed by atoms with Crippen LogP contribution in [-0.4, -0.2) is 11.7 Å².